The molecule has 2 rings (SSSR count). The Morgan fingerprint density at radius 1 is 1.27 bits per heavy atom. The average molecular weight is 150 g/mol. The topological polar surface area (TPSA) is 31.4 Å². The number of pyridine rings is 1. The van der Waals surface area contributed by atoms with Crippen LogP contribution in [0.4, 0.5) is 0 Å². The molecule has 2 heterocycles. The van der Waals surface area contributed by atoms with Crippen molar-refractivity contribution in [1.82, 2.24) is 4.98 Å². The standard InChI is InChI=1S/C8H8NO2/c1-6-4-7-8(5-9-6)11-3-2-10-7/h4-5H,1-3H2. The van der Waals surface area contributed by atoms with E-state index in [1.807, 2.05) is 0 Å². The molecule has 0 fully saturated rings. The molecule has 3 heteroatoms. The molecule has 11 heavy (non-hydrogen) atoms. The second kappa shape index (κ2) is 2.42. The molecule has 1 aliphatic rings. The van der Waals surface area contributed by atoms with E-state index in [-0.39, 0.29) is 0 Å². The van der Waals surface area contributed by atoms with Gasteiger partial charge in [0.1, 0.15) is 13.2 Å². The highest BCUT2D eigenvalue weighted by Gasteiger charge is 2.10. The maximum absolute atomic E-state index is 5.30. The van der Waals surface area contributed by atoms with Crippen molar-refractivity contribution in [2.75, 3.05) is 13.2 Å². The lowest BCUT2D eigenvalue weighted by atomic mass is 10.3. The minimum Gasteiger partial charge on any atom is -0.486 e. The highest BCUT2D eigenvalue weighted by molar-refractivity contribution is 5.40. The van der Waals surface area contributed by atoms with Crippen LogP contribution in [-0.2, 0) is 0 Å². The summed E-state index contributed by atoms with van der Waals surface area (Å²) in [5.41, 5.74) is 0.703. The summed E-state index contributed by atoms with van der Waals surface area (Å²) in [5, 5.41) is 0. The van der Waals surface area contributed by atoms with E-state index >= 15 is 0 Å². The molecule has 0 saturated carbocycles. The quantitative estimate of drug-likeness (QED) is 0.553. The fraction of sp³-hybridized carbons (Fsp3) is 0.250. The molecule has 0 amide bonds. The number of fused-ring (bicyclic) bond motifs is 1. The summed E-state index contributed by atoms with van der Waals surface area (Å²) in [4.78, 5) is 3.98. The molecule has 1 aromatic heterocycles. The first-order chi connectivity index (χ1) is 5.36. The van der Waals surface area contributed by atoms with Crippen molar-refractivity contribution in [3.8, 4) is 11.5 Å². The Labute approximate surface area is 65.0 Å². The van der Waals surface area contributed by atoms with Gasteiger partial charge in [0, 0.05) is 11.8 Å². The lowest BCUT2D eigenvalue weighted by Gasteiger charge is -2.17. The molecule has 1 aromatic rings. The fourth-order valence-electron chi connectivity index (χ4n) is 0.989. The molecule has 57 valence electrons. The molecule has 0 bridgehead atoms. The Hall–Kier alpha value is -1.25. The van der Waals surface area contributed by atoms with Crippen molar-refractivity contribution < 1.29 is 9.47 Å². The zero-order valence-electron chi connectivity index (χ0n) is 6.04. The predicted molar refractivity (Wildman–Crippen MR) is 39.7 cm³/mol. The molecule has 0 spiro atoms. The second-order valence-corrected chi connectivity index (χ2v) is 2.32. The van der Waals surface area contributed by atoms with Crippen molar-refractivity contribution in [3.63, 3.8) is 0 Å². The first-order valence-corrected chi connectivity index (χ1v) is 3.44. The minimum absolute atomic E-state index is 0.602. The summed E-state index contributed by atoms with van der Waals surface area (Å²) >= 11 is 0. The van der Waals surface area contributed by atoms with E-state index < -0.39 is 0 Å². The van der Waals surface area contributed by atoms with E-state index in [4.69, 9.17) is 9.47 Å². The van der Waals surface area contributed by atoms with Crippen molar-refractivity contribution in [1.29, 1.82) is 0 Å². The third-order valence-electron chi connectivity index (χ3n) is 1.49. The molecule has 1 radical (unpaired) electrons. The van der Waals surface area contributed by atoms with Gasteiger partial charge in [-0.15, -0.1) is 0 Å². The van der Waals surface area contributed by atoms with Crippen LogP contribution in [0, 0.1) is 6.92 Å². The molecule has 0 N–H and O–H groups in total. The molecule has 0 atom stereocenters. The molecule has 0 saturated heterocycles. The zero-order chi connectivity index (χ0) is 7.68. The third-order valence-corrected chi connectivity index (χ3v) is 1.49. The molecule has 1 aliphatic heterocycles. The number of ether oxygens (including phenoxy) is 2. The van der Waals surface area contributed by atoms with Crippen LogP contribution in [0.3, 0.4) is 0 Å². The molecule has 3 nitrogen and oxygen atoms in total. The highest BCUT2D eigenvalue weighted by atomic mass is 16.6. The molecule has 0 unspecified atom stereocenters. The number of aromatic nitrogens is 1. The summed E-state index contributed by atoms with van der Waals surface area (Å²) in [7, 11) is 0. The van der Waals surface area contributed by atoms with Crippen LogP contribution in [0.1, 0.15) is 5.69 Å². The first kappa shape index (κ1) is 6.46. The summed E-state index contributed by atoms with van der Waals surface area (Å²) < 4.78 is 10.6. The van der Waals surface area contributed by atoms with E-state index in [2.05, 4.69) is 11.9 Å². The maximum Gasteiger partial charge on any atom is 0.179 e. The smallest absolute Gasteiger partial charge is 0.179 e. The Balaban J connectivity index is 2.43. The minimum atomic E-state index is 0.602. The maximum atomic E-state index is 5.30. The van der Waals surface area contributed by atoms with Crippen LogP contribution in [0.2, 0.25) is 0 Å². The lowest BCUT2D eigenvalue weighted by Crippen LogP contribution is -2.15. The summed E-state index contributed by atoms with van der Waals surface area (Å²) in [6, 6.07) is 1.77. The van der Waals surface area contributed by atoms with Crippen LogP contribution >= 0.6 is 0 Å². The second-order valence-electron chi connectivity index (χ2n) is 2.32. The third kappa shape index (κ3) is 1.13. The van der Waals surface area contributed by atoms with E-state index in [0.29, 0.717) is 24.7 Å². The Morgan fingerprint density at radius 2 is 2.00 bits per heavy atom. The van der Waals surface area contributed by atoms with Crippen molar-refractivity contribution in [3.05, 3.63) is 24.9 Å². The number of hydrogen-bond acceptors (Lipinski definition) is 3. The van der Waals surface area contributed by atoms with Gasteiger partial charge < -0.3 is 9.47 Å². The Bertz CT molecular complexity index is 273. The Kier molecular flexibility index (Phi) is 1.42. The average Bonchev–Trinajstić information content (AvgIpc) is 2.04. The van der Waals surface area contributed by atoms with E-state index in [1.54, 1.807) is 12.3 Å². The van der Waals surface area contributed by atoms with Crippen LogP contribution in [0.25, 0.3) is 0 Å². The SMILES string of the molecule is [CH2]c1cc2c(cn1)OCCO2. The van der Waals surface area contributed by atoms with Gasteiger partial charge in [0.25, 0.3) is 0 Å². The van der Waals surface area contributed by atoms with Gasteiger partial charge in [-0.25, -0.2) is 0 Å². The van der Waals surface area contributed by atoms with Crippen molar-refractivity contribution in [2.24, 2.45) is 0 Å². The van der Waals surface area contributed by atoms with Crippen LogP contribution in [-0.4, -0.2) is 18.2 Å². The fourth-order valence-corrected chi connectivity index (χ4v) is 0.989. The van der Waals surface area contributed by atoms with Gasteiger partial charge in [-0.05, 0) is 6.92 Å². The van der Waals surface area contributed by atoms with Gasteiger partial charge in [0.15, 0.2) is 11.5 Å². The number of rotatable bonds is 0. The van der Waals surface area contributed by atoms with Gasteiger partial charge in [0.05, 0.1) is 6.20 Å². The number of nitrogens with zero attached hydrogens (tertiary/aromatic N) is 1. The summed E-state index contributed by atoms with van der Waals surface area (Å²) in [5.74, 6) is 1.46. The van der Waals surface area contributed by atoms with Gasteiger partial charge in [-0.3, -0.25) is 4.98 Å². The van der Waals surface area contributed by atoms with Crippen LogP contribution < -0.4 is 9.47 Å². The van der Waals surface area contributed by atoms with Crippen LogP contribution in [0.5, 0.6) is 11.5 Å². The normalized spacial score (nSPS) is 14.6. The van der Waals surface area contributed by atoms with E-state index in [9.17, 15) is 0 Å². The van der Waals surface area contributed by atoms with Crippen LogP contribution in [0.15, 0.2) is 12.3 Å². The van der Waals surface area contributed by atoms with E-state index in [0.717, 1.165) is 5.75 Å². The lowest BCUT2D eigenvalue weighted by molar-refractivity contribution is 0.170. The Morgan fingerprint density at radius 3 is 2.82 bits per heavy atom. The largest absolute Gasteiger partial charge is 0.486 e. The first-order valence-electron chi connectivity index (χ1n) is 3.44. The molecular formula is C8H8NO2. The van der Waals surface area contributed by atoms with Gasteiger partial charge >= 0.3 is 0 Å². The molecule has 0 aromatic carbocycles. The zero-order valence-corrected chi connectivity index (χ0v) is 6.04. The highest BCUT2D eigenvalue weighted by Crippen LogP contribution is 2.28. The van der Waals surface area contributed by atoms with Crippen molar-refractivity contribution >= 4 is 0 Å². The molecular weight excluding hydrogens is 142 g/mol. The van der Waals surface area contributed by atoms with Gasteiger partial charge in [-0.2, -0.15) is 0 Å². The monoisotopic (exact) mass is 150 g/mol. The summed E-state index contributed by atoms with van der Waals surface area (Å²) in [6.45, 7) is 4.89. The van der Waals surface area contributed by atoms with Crippen molar-refractivity contribution in [2.45, 2.75) is 0 Å². The predicted octanol–water partition coefficient (Wildman–Crippen LogP) is 1.03. The van der Waals surface area contributed by atoms with Gasteiger partial charge in [-0.1, -0.05) is 0 Å². The molecule has 0 aliphatic carbocycles. The van der Waals surface area contributed by atoms with Gasteiger partial charge in [0.2, 0.25) is 0 Å². The number of hydrogen-bond donors (Lipinski definition) is 0. The summed E-state index contributed by atoms with van der Waals surface area (Å²) in [6.07, 6.45) is 1.64. The van der Waals surface area contributed by atoms with E-state index in [1.165, 1.54) is 0 Å².